The Kier molecular flexibility index (Phi) is 8.90. The summed E-state index contributed by atoms with van der Waals surface area (Å²) < 4.78 is 13.3. The molecule has 0 bridgehead atoms. The lowest BCUT2D eigenvalue weighted by Crippen LogP contribution is -2.16. The van der Waals surface area contributed by atoms with E-state index in [2.05, 4.69) is 36.3 Å². The van der Waals surface area contributed by atoms with Crippen molar-refractivity contribution in [1.82, 2.24) is 9.97 Å². The Balaban J connectivity index is 1.72. The standard InChI is InChI=1S/C27H32FN3O/c1-3-4-6-10-20(2)26-27(29-19-24(30-26)22-15-17-23(28)18-16-22)31-25(32)14-9-13-21-11-7-5-8-12-21/h5,7-8,11-12,15-20H,3-4,6,9-10,13-14H2,1-2H3,(H,29,31,32). The average Bonchev–Trinajstić information content (AvgIpc) is 2.80. The molecule has 3 rings (SSSR count). The van der Waals surface area contributed by atoms with Crippen molar-refractivity contribution in [3.8, 4) is 11.3 Å². The Bertz CT molecular complexity index is 990. The summed E-state index contributed by atoms with van der Waals surface area (Å²) in [6.45, 7) is 4.31. The van der Waals surface area contributed by atoms with Gasteiger partial charge in [0.15, 0.2) is 5.82 Å². The highest BCUT2D eigenvalue weighted by molar-refractivity contribution is 5.90. The molecule has 2 aromatic carbocycles. The number of carbonyl (C=O) groups excluding carboxylic acids is 1. The van der Waals surface area contributed by atoms with Gasteiger partial charge in [0.25, 0.3) is 0 Å². The molecule has 1 heterocycles. The summed E-state index contributed by atoms with van der Waals surface area (Å²) in [7, 11) is 0. The van der Waals surface area contributed by atoms with Crippen molar-refractivity contribution in [3.63, 3.8) is 0 Å². The van der Waals surface area contributed by atoms with Crippen molar-refractivity contribution in [2.24, 2.45) is 0 Å². The van der Waals surface area contributed by atoms with Crippen molar-refractivity contribution in [2.45, 2.75) is 64.7 Å². The molecule has 3 aromatic rings. The molecule has 0 aliphatic heterocycles. The number of amides is 1. The molecule has 5 heteroatoms. The molecule has 0 saturated heterocycles. The largest absolute Gasteiger partial charge is 0.309 e. The second-order valence-electron chi connectivity index (χ2n) is 8.28. The lowest BCUT2D eigenvalue weighted by atomic mass is 9.99. The van der Waals surface area contributed by atoms with Gasteiger partial charge in [0.05, 0.1) is 17.6 Å². The molecule has 1 N–H and O–H groups in total. The van der Waals surface area contributed by atoms with Gasteiger partial charge in [0.1, 0.15) is 5.82 Å². The molecule has 0 aliphatic carbocycles. The van der Waals surface area contributed by atoms with Crippen LogP contribution in [0.4, 0.5) is 10.2 Å². The first-order chi connectivity index (χ1) is 15.6. The monoisotopic (exact) mass is 433 g/mol. The first-order valence-corrected chi connectivity index (χ1v) is 11.5. The van der Waals surface area contributed by atoms with Crippen LogP contribution in [0.2, 0.25) is 0 Å². The van der Waals surface area contributed by atoms with Crippen LogP contribution in [0.3, 0.4) is 0 Å². The zero-order valence-electron chi connectivity index (χ0n) is 19.0. The third-order valence-corrected chi connectivity index (χ3v) is 5.62. The number of hydrogen-bond donors (Lipinski definition) is 1. The van der Waals surface area contributed by atoms with E-state index >= 15 is 0 Å². The minimum Gasteiger partial charge on any atom is -0.309 e. The minimum absolute atomic E-state index is 0.0493. The molecule has 1 unspecified atom stereocenters. The molecule has 32 heavy (non-hydrogen) atoms. The number of aryl methyl sites for hydroxylation is 1. The molecule has 0 radical (unpaired) electrons. The van der Waals surface area contributed by atoms with E-state index in [-0.39, 0.29) is 17.6 Å². The van der Waals surface area contributed by atoms with Crippen LogP contribution in [-0.2, 0) is 11.2 Å². The first kappa shape index (κ1) is 23.6. The maximum Gasteiger partial charge on any atom is 0.225 e. The van der Waals surface area contributed by atoms with E-state index in [1.807, 2.05) is 18.2 Å². The summed E-state index contributed by atoms with van der Waals surface area (Å²) in [5.74, 6) is 0.361. The van der Waals surface area contributed by atoms with Crippen LogP contribution in [0.15, 0.2) is 60.8 Å². The maximum atomic E-state index is 13.3. The van der Waals surface area contributed by atoms with E-state index in [1.165, 1.54) is 17.7 Å². The lowest BCUT2D eigenvalue weighted by molar-refractivity contribution is -0.116. The molecular formula is C27H32FN3O. The molecule has 1 aromatic heterocycles. The van der Waals surface area contributed by atoms with Crippen LogP contribution in [0, 0.1) is 5.82 Å². The van der Waals surface area contributed by atoms with Gasteiger partial charge in [-0.15, -0.1) is 0 Å². The zero-order chi connectivity index (χ0) is 22.8. The number of nitrogens with one attached hydrogen (secondary N) is 1. The summed E-state index contributed by atoms with van der Waals surface area (Å²) in [6, 6.07) is 16.4. The molecule has 4 nitrogen and oxygen atoms in total. The van der Waals surface area contributed by atoms with Gasteiger partial charge in [0.2, 0.25) is 5.91 Å². The van der Waals surface area contributed by atoms with Crippen molar-refractivity contribution < 1.29 is 9.18 Å². The first-order valence-electron chi connectivity index (χ1n) is 11.5. The Morgan fingerprint density at radius 1 is 1.03 bits per heavy atom. The molecule has 168 valence electrons. The minimum atomic E-state index is -0.283. The van der Waals surface area contributed by atoms with E-state index < -0.39 is 0 Å². The Morgan fingerprint density at radius 3 is 2.50 bits per heavy atom. The Labute approximate surface area is 190 Å². The van der Waals surface area contributed by atoms with Gasteiger partial charge in [-0.05, 0) is 49.1 Å². The number of unbranched alkanes of at least 4 members (excludes halogenated alkanes) is 2. The molecule has 1 amide bonds. The van der Waals surface area contributed by atoms with Crippen LogP contribution < -0.4 is 5.32 Å². The highest BCUT2D eigenvalue weighted by Gasteiger charge is 2.17. The summed E-state index contributed by atoms with van der Waals surface area (Å²) >= 11 is 0. The molecule has 0 fully saturated rings. The van der Waals surface area contributed by atoms with Crippen LogP contribution in [0.25, 0.3) is 11.3 Å². The van der Waals surface area contributed by atoms with Gasteiger partial charge in [-0.25, -0.2) is 14.4 Å². The van der Waals surface area contributed by atoms with Crippen molar-refractivity contribution >= 4 is 11.7 Å². The Hall–Kier alpha value is -3.08. The molecular weight excluding hydrogens is 401 g/mol. The number of nitrogens with zero attached hydrogens (tertiary/aromatic N) is 2. The van der Waals surface area contributed by atoms with Crippen LogP contribution in [0.5, 0.6) is 0 Å². The topological polar surface area (TPSA) is 54.9 Å². The number of halogens is 1. The second-order valence-corrected chi connectivity index (χ2v) is 8.28. The van der Waals surface area contributed by atoms with E-state index in [0.29, 0.717) is 17.9 Å². The fourth-order valence-electron chi connectivity index (χ4n) is 3.73. The number of rotatable bonds is 11. The van der Waals surface area contributed by atoms with Crippen molar-refractivity contribution in [2.75, 3.05) is 5.32 Å². The predicted molar refractivity (Wildman–Crippen MR) is 128 cm³/mol. The summed E-state index contributed by atoms with van der Waals surface area (Å²) in [5.41, 5.74) is 3.51. The molecule has 1 atom stereocenters. The average molecular weight is 434 g/mol. The molecule has 0 aliphatic rings. The van der Waals surface area contributed by atoms with E-state index in [4.69, 9.17) is 4.98 Å². The van der Waals surface area contributed by atoms with Gasteiger partial charge in [-0.1, -0.05) is 63.4 Å². The van der Waals surface area contributed by atoms with Crippen LogP contribution >= 0.6 is 0 Å². The van der Waals surface area contributed by atoms with E-state index in [9.17, 15) is 9.18 Å². The fourth-order valence-corrected chi connectivity index (χ4v) is 3.73. The number of aromatic nitrogens is 2. The number of benzene rings is 2. The smallest absolute Gasteiger partial charge is 0.225 e. The summed E-state index contributed by atoms with van der Waals surface area (Å²) in [4.78, 5) is 22.0. The number of anilines is 1. The third-order valence-electron chi connectivity index (χ3n) is 5.62. The fraction of sp³-hybridized carbons (Fsp3) is 0.370. The predicted octanol–water partition coefficient (Wildman–Crippen LogP) is 6.93. The number of carbonyl (C=O) groups is 1. The second kappa shape index (κ2) is 12.1. The van der Waals surface area contributed by atoms with Gasteiger partial charge in [-0.3, -0.25) is 4.79 Å². The SMILES string of the molecule is CCCCCC(C)c1nc(-c2ccc(F)cc2)cnc1NC(=O)CCCc1ccccc1. The van der Waals surface area contributed by atoms with E-state index in [0.717, 1.165) is 49.8 Å². The Morgan fingerprint density at radius 2 is 1.78 bits per heavy atom. The third kappa shape index (κ3) is 6.98. The van der Waals surface area contributed by atoms with Crippen LogP contribution in [0.1, 0.15) is 69.5 Å². The van der Waals surface area contributed by atoms with Crippen molar-refractivity contribution in [3.05, 3.63) is 77.9 Å². The lowest BCUT2D eigenvalue weighted by Gasteiger charge is -2.17. The molecule has 0 spiro atoms. The van der Waals surface area contributed by atoms with Gasteiger partial charge in [0, 0.05) is 17.9 Å². The van der Waals surface area contributed by atoms with Gasteiger partial charge >= 0.3 is 0 Å². The number of hydrogen-bond acceptors (Lipinski definition) is 3. The summed E-state index contributed by atoms with van der Waals surface area (Å²) in [6.07, 6.45) is 8.11. The molecule has 0 saturated carbocycles. The normalized spacial score (nSPS) is 11.8. The zero-order valence-corrected chi connectivity index (χ0v) is 19.0. The highest BCUT2D eigenvalue weighted by atomic mass is 19.1. The van der Waals surface area contributed by atoms with Crippen LogP contribution in [-0.4, -0.2) is 15.9 Å². The highest BCUT2D eigenvalue weighted by Crippen LogP contribution is 2.28. The maximum absolute atomic E-state index is 13.3. The van der Waals surface area contributed by atoms with Gasteiger partial charge < -0.3 is 5.32 Å². The quantitative estimate of drug-likeness (QED) is 0.334. The van der Waals surface area contributed by atoms with E-state index in [1.54, 1.807) is 18.3 Å². The van der Waals surface area contributed by atoms with Crippen molar-refractivity contribution in [1.29, 1.82) is 0 Å². The summed E-state index contributed by atoms with van der Waals surface area (Å²) in [5, 5.41) is 2.98. The van der Waals surface area contributed by atoms with Gasteiger partial charge in [-0.2, -0.15) is 0 Å².